The van der Waals surface area contributed by atoms with Crippen LogP contribution in [-0.4, -0.2) is 53.8 Å². The number of non-ortho nitro benzene ring substituents is 1. The second kappa shape index (κ2) is 9.21. The van der Waals surface area contributed by atoms with Gasteiger partial charge in [-0.25, -0.2) is 4.79 Å². The smallest absolute Gasteiger partial charge is 0.331 e. The summed E-state index contributed by atoms with van der Waals surface area (Å²) < 4.78 is 0. The molecule has 10 nitrogen and oxygen atoms in total. The Morgan fingerprint density at radius 1 is 1.06 bits per heavy atom. The van der Waals surface area contributed by atoms with E-state index < -0.39 is 28.8 Å². The number of benzene rings is 2. The van der Waals surface area contributed by atoms with Crippen molar-refractivity contribution in [2.45, 2.75) is 13.0 Å². The maximum atomic E-state index is 13.3. The first kappa shape index (κ1) is 22.2. The van der Waals surface area contributed by atoms with Gasteiger partial charge in [0.2, 0.25) is 0 Å². The molecule has 33 heavy (non-hydrogen) atoms. The maximum Gasteiger partial charge on any atom is 0.331 e. The van der Waals surface area contributed by atoms with Gasteiger partial charge in [-0.3, -0.25) is 29.9 Å². The van der Waals surface area contributed by atoms with Crippen molar-refractivity contribution in [1.29, 1.82) is 0 Å². The highest BCUT2D eigenvalue weighted by Crippen LogP contribution is 2.30. The van der Waals surface area contributed by atoms with Gasteiger partial charge in [0.05, 0.1) is 11.0 Å². The number of barbiturate groups is 1. The van der Waals surface area contributed by atoms with Crippen molar-refractivity contribution < 1.29 is 19.3 Å². The summed E-state index contributed by atoms with van der Waals surface area (Å²) in [5.74, 6) is -1.59. The van der Waals surface area contributed by atoms with Crippen LogP contribution in [0.2, 0.25) is 0 Å². The van der Waals surface area contributed by atoms with Crippen LogP contribution in [0.25, 0.3) is 6.08 Å². The van der Waals surface area contributed by atoms with Crippen molar-refractivity contribution >= 4 is 35.3 Å². The molecule has 1 unspecified atom stereocenters. The van der Waals surface area contributed by atoms with Gasteiger partial charge in [-0.2, -0.15) is 0 Å². The second-order valence-electron chi connectivity index (χ2n) is 7.82. The highest BCUT2D eigenvalue weighted by atomic mass is 16.6. The third-order valence-corrected chi connectivity index (χ3v) is 5.78. The minimum atomic E-state index is -0.834. The van der Waals surface area contributed by atoms with Crippen molar-refractivity contribution in [3.8, 4) is 0 Å². The summed E-state index contributed by atoms with van der Waals surface area (Å²) in [6.45, 7) is 4.51. The first-order valence-electron chi connectivity index (χ1n) is 10.6. The van der Waals surface area contributed by atoms with E-state index in [1.54, 1.807) is 37.3 Å². The molecular formula is C23H23N5O5. The Morgan fingerprint density at radius 2 is 1.76 bits per heavy atom. The van der Waals surface area contributed by atoms with E-state index in [2.05, 4.69) is 10.6 Å². The molecule has 0 spiro atoms. The summed E-state index contributed by atoms with van der Waals surface area (Å²) in [4.78, 5) is 52.3. The predicted molar refractivity (Wildman–Crippen MR) is 121 cm³/mol. The molecule has 2 N–H and O–H groups in total. The number of rotatable bonds is 5. The van der Waals surface area contributed by atoms with Crippen LogP contribution in [0.3, 0.4) is 0 Å². The molecule has 0 saturated carbocycles. The molecular weight excluding hydrogens is 426 g/mol. The fraction of sp³-hybridized carbons (Fsp3) is 0.261. The van der Waals surface area contributed by atoms with Crippen molar-refractivity contribution in [3.05, 3.63) is 75.3 Å². The van der Waals surface area contributed by atoms with E-state index in [1.807, 2.05) is 11.0 Å². The SMILES string of the molecule is CC(c1ccccc1)N1C(=O)NC(=O)/C(=C/c2cc([N+](=O)[O-])ccc2N2CCNCC2)C1=O. The fourth-order valence-corrected chi connectivity index (χ4v) is 4.02. The highest BCUT2D eigenvalue weighted by molar-refractivity contribution is 6.31. The number of nitrogens with zero attached hydrogens (tertiary/aromatic N) is 3. The number of nitro benzene ring substituents is 1. The molecule has 170 valence electrons. The van der Waals surface area contributed by atoms with Gasteiger partial charge < -0.3 is 10.2 Å². The second-order valence-corrected chi connectivity index (χ2v) is 7.82. The lowest BCUT2D eigenvalue weighted by Crippen LogP contribution is -2.54. The molecule has 2 heterocycles. The molecule has 2 aliphatic heterocycles. The Hall–Kier alpha value is -4.05. The van der Waals surface area contributed by atoms with Gasteiger partial charge in [-0.1, -0.05) is 30.3 Å². The number of anilines is 1. The highest BCUT2D eigenvalue weighted by Gasteiger charge is 2.39. The van der Waals surface area contributed by atoms with Crippen molar-refractivity contribution in [3.63, 3.8) is 0 Å². The zero-order chi connectivity index (χ0) is 23.5. The Kier molecular flexibility index (Phi) is 6.18. The van der Waals surface area contributed by atoms with Crippen LogP contribution >= 0.6 is 0 Å². The van der Waals surface area contributed by atoms with Crippen molar-refractivity contribution in [1.82, 2.24) is 15.5 Å². The molecule has 2 aliphatic rings. The van der Waals surface area contributed by atoms with Crippen LogP contribution in [0.15, 0.2) is 54.1 Å². The molecule has 4 rings (SSSR count). The van der Waals surface area contributed by atoms with Crippen LogP contribution in [-0.2, 0) is 9.59 Å². The molecule has 10 heteroatoms. The number of urea groups is 1. The number of nitrogens with one attached hydrogen (secondary N) is 2. The van der Waals surface area contributed by atoms with E-state index in [0.717, 1.165) is 23.6 Å². The molecule has 0 aromatic heterocycles. The fourth-order valence-electron chi connectivity index (χ4n) is 4.02. The summed E-state index contributed by atoms with van der Waals surface area (Å²) in [5.41, 5.74) is 1.36. The number of carbonyl (C=O) groups excluding carboxylic acids is 3. The van der Waals surface area contributed by atoms with Gasteiger partial charge in [0.1, 0.15) is 5.57 Å². The summed E-state index contributed by atoms with van der Waals surface area (Å²) in [6, 6.07) is 11.9. The first-order valence-corrected chi connectivity index (χ1v) is 10.6. The molecule has 0 radical (unpaired) electrons. The van der Waals surface area contributed by atoms with E-state index in [4.69, 9.17) is 0 Å². The Labute approximate surface area is 190 Å². The molecule has 4 amide bonds. The monoisotopic (exact) mass is 449 g/mol. The summed E-state index contributed by atoms with van der Waals surface area (Å²) >= 11 is 0. The average molecular weight is 449 g/mol. The van der Waals surface area contributed by atoms with E-state index in [0.29, 0.717) is 24.3 Å². The van der Waals surface area contributed by atoms with Crippen molar-refractivity contribution in [2.75, 3.05) is 31.1 Å². The lowest BCUT2D eigenvalue weighted by atomic mass is 10.0. The number of hydrogen-bond acceptors (Lipinski definition) is 7. The van der Waals surface area contributed by atoms with E-state index in [9.17, 15) is 24.5 Å². The number of carbonyl (C=O) groups is 3. The zero-order valence-corrected chi connectivity index (χ0v) is 18.0. The largest absolute Gasteiger partial charge is 0.368 e. The molecule has 0 bridgehead atoms. The van der Waals surface area contributed by atoms with E-state index in [1.165, 1.54) is 18.2 Å². The number of hydrogen-bond donors (Lipinski definition) is 2. The minimum absolute atomic E-state index is 0.157. The third kappa shape index (κ3) is 4.46. The lowest BCUT2D eigenvalue weighted by Gasteiger charge is -2.32. The third-order valence-electron chi connectivity index (χ3n) is 5.78. The topological polar surface area (TPSA) is 125 Å². The van der Waals surface area contributed by atoms with Crippen molar-refractivity contribution in [2.24, 2.45) is 0 Å². The summed E-state index contributed by atoms with van der Waals surface area (Å²) in [6.07, 6.45) is 1.33. The van der Waals surface area contributed by atoms with Gasteiger partial charge in [0.15, 0.2) is 0 Å². The number of piperazine rings is 1. The van der Waals surface area contributed by atoms with Crippen LogP contribution in [0.5, 0.6) is 0 Å². The Balaban J connectivity index is 1.75. The number of nitro groups is 1. The van der Waals surface area contributed by atoms with Gasteiger partial charge in [0.25, 0.3) is 17.5 Å². The first-order chi connectivity index (χ1) is 15.9. The minimum Gasteiger partial charge on any atom is -0.368 e. The quantitative estimate of drug-likeness (QED) is 0.310. The lowest BCUT2D eigenvalue weighted by molar-refractivity contribution is -0.384. The molecule has 2 aromatic rings. The normalized spacial score (nSPS) is 18.9. The molecule has 0 aliphatic carbocycles. The molecule has 2 fully saturated rings. The molecule has 2 aromatic carbocycles. The predicted octanol–water partition coefficient (Wildman–Crippen LogP) is 2.23. The van der Waals surface area contributed by atoms with E-state index in [-0.39, 0.29) is 11.3 Å². The van der Waals surface area contributed by atoms with Crippen LogP contribution in [0, 0.1) is 10.1 Å². The number of amides is 4. The Bertz CT molecular complexity index is 1140. The summed E-state index contributed by atoms with van der Waals surface area (Å²) in [5, 5.41) is 16.8. The molecule has 2 saturated heterocycles. The van der Waals surface area contributed by atoms with Crippen LogP contribution in [0.1, 0.15) is 24.1 Å². The van der Waals surface area contributed by atoms with Crippen LogP contribution in [0.4, 0.5) is 16.2 Å². The maximum absolute atomic E-state index is 13.3. The summed E-state index contributed by atoms with van der Waals surface area (Å²) in [7, 11) is 0. The molecule has 1 atom stereocenters. The van der Waals surface area contributed by atoms with Gasteiger partial charge in [-0.15, -0.1) is 0 Å². The number of imide groups is 2. The average Bonchev–Trinajstić information content (AvgIpc) is 2.82. The Morgan fingerprint density at radius 3 is 2.42 bits per heavy atom. The zero-order valence-electron chi connectivity index (χ0n) is 18.0. The van der Waals surface area contributed by atoms with Gasteiger partial charge in [0, 0.05) is 49.6 Å². The standard InChI is InChI=1S/C23H23N5O5/c1-15(16-5-3-2-4-6-16)27-22(30)19(21(29)25-23(27)31)14-17-13-18(28(32)33)7-8-20(17)26-11-9-24-10-12-26/h2-8,13-15,24H,9-12H2,1H3,(H,25,29,31)/b19-14-. The van der Waals surface area contributed by atoms with E-state index >= 15 is 0 Å². The van der Waals surface area contributed by atoms with Gasteiger partial charge >= 0.3 is 6.03 Å². The van der Waals surface area contributed by atoms with Crippen LogP contribution < -0.4 is 15.5 Å². The van der Waals surface area contributed by atoms with Gasteiger partial charge in [-0.05, 0) is 24.6 Å².